The molecule has 2 aliphatic heterocycles. The summed E-state index contributed by atoms with van der Waals surface area (Å²) in [6.45, 7) is 4.28. The van der Waals surface area contributed by atoms with Crippen molar-refractivity contribution in [1.29, 1.82) is 0 Å². The molecule has 0 spiro atoms. The van der Waals surface area contributed by atoms with Crippen LogP contribution in [-0.4, -0.2) is 50.1 Å². The minimum atomic E-state index is -0.101. The molecule has 0 radical (unpaired) electrons. The second-order valence-electron chi connectivity index (χ2n) is 7.58. The van der Waals surface area contributed by atoms with Crippen molar-refractivity contribution in [2.75, 3.05) is 38.2 Å². The average molecular weight is 400 g/mol. The molecular weight excluding hydrogens is 374 g/mol. The van der Waals surface area contributed by atoms with Crippen molar-refractivity contribution in [2.45, 2.75) is 25.4 Å². The molecule has 2 aliphatic rings. The molecule has 2 heterocycles. The Hall–Kier alpha value is -2.24. The first-order chi connectivity index (χ1) is 13.6. The summed E-state index contributed by atoms with van der Waals surface area (Å²) < 4.78 is 5.80. The van der Waals surface area contributed by atoms with E-state index in [2.05, 4.69) is 39.4 Å². The van der Waals surface area contributed by atoms with E-state index in [1.807, 2.05) is 19.2 Å². The Morgan fingerprint density at radius 2 is 1.93 bits per heavy atom. The van der Waals surface area contributed by atoms with E-state index < -0.39 is 0 Å². The van der Waals surface area contributed by atoms with Gasteiger partial charge >= 0.3 is 0 Å². The third-order valence-corrected chi connectivity index (χ3v) is 5.75. The minimum absolute atomic E-state index is 0.101. The monoisotopic (exact) mass is 399 g/mol. The van der Waals surface area contributed by atoms with Gasteiger partial charge in [0.2, 0.25) is 0 Å². The number of hydrogen-bond donors (Lipinski definition) is 1. The molecule has 1 amide bonds. The minimum Gasteiger partial charge on any atom is -0.489 e. The number of piperidine rings is 1. The van der Waals surface area contributed by atoms with E-state index in [1.165, 1.54) is 5.56 Å². The number of hydrogen-bond acceptors (Lipinski definition) is 4. The summed E-state index contributed by atoms with van der Waals surface area (Å²) >= 11 is 6.26. The van der Waals surface area contributed by atoms with Crippen LogP contribution in [0.1, 0.15) is 28.8 Å². The van der Waals surface area contributed by atoms with Crippen LogP contribution in [0, 0.1) is 0 Å². The molecule has 1 saturated heterocycles. The number of halogens is 1. The van der Waals surface area contributed by atoms with Gasteiger partial charge in [-0.1, -0.05) is 41.9 Å². The number of rotatable bonds is 4. The zero-order valence-electron chi connectivity index (χ0n) is 16.2. The molecule has 0 saturated carbocycles. The van der Waals surface area contributed by atoms with Crippen LogP contribution in [0.3, 0.4) is 0 Å². The molecule has 4 rings (SSSR count). The zero-order valence-corrected chi connectivity index (χ0v) is 16.9. The second kappa shape index (κ2) is 8.41. The first-order valence-electron chi connectivity index (χ1n) is 9.85. The molecule has 28 heavy (non-hydrogen) atoms. The molecule has 0 bridgehead atoms. The van der Waals surface area contributed by atoms with E-state index in [4.69, 9.17) is 16.3 Å². The zero-order chi connectivity index (χ0) is 19.5. The van der Waals surface area contributed by atoms with E-state index in [0.29, 0.717) is 22.9 Å². The SMILES string of the molecule is CN1CCOc2c(C(=O)NC3CCN(Cc4ccccc4)CC3)cc(Cl)cc21. The lowest BCUT2D eigenvalue weighted by Gasteiger charge is -2.33. The fourth-order valence-corrected chi connectivity index (χ4v) is 4.14. The number of nitrogens with zero attached hydrogens (tertiary/aromatic N) is 2. The number of ether oxygens (including phenoxy) is 1. The van der Waals surface area contributed by atoms with E-state index in [0.717, 1.165) is 44.7 Å². The lowest BCUT2D eigenvalue weighted by Crippen LogP contribution is -2.44. The highest BCUT2D eigenvalue weighted by Gasteiger charge is 2.26. The van der Waals surface area contributed by atoms with Crippen LogP contribution in [0.2, 0.25) is 5.02 Å². The molecule has 0 aliphatic carbocycles. The lowest BCUT2D eigenvalue weighted by atomic mass is 10.0. The van der Waals surface area contributed by atoms with Crippen LogP contribution in [0.4, 0.5) is 5.69 Å². The molecule has 0 aromatic heterocycles. The Morgan fingerprint density at radius 3 is 2.68 bits per heavy atom. The van der Waals surface area contributed by atoms with Crippen LogP contribution in [-0.2, 0) is 6.54 Å². The third-order valence-electron chi connectivity index (χ3n) is 5.53. The van der Waals surface area contributed by atoms with Gasteiger partial charge in [-0.15, -0.1) is 0 Å². The van der Waals surface area contributed by atoms with E-state index in [-0.39, 0.29) is 11.9 Å². The van der Waals surface area contributed by atoms with Crippen LogP contribution in [0.25, 0.3) is 0 Å². The Balaban J connectivity index is 1.38. The molecule has 6 heteroatoms. The normalized spacial score (nSPS) is 17.7. The van der Waals surface area contributed by atoms with Gasteiger partial charge in [-0.05, 0) is 30.5 Å². The van der Waals surface area contributed by atoms with Gasteiger partial charge in [0, 0.05) is 37.7 Å². The quantitative estimate of drug-likeness (QED) is 0.853. The summed E-state index contributed by atoms with van der Waals surface area (Å²) in [6.07, 6.45) is 1.89. The Labute approximate surface area is 171 Å². The van der Waals surface area contributed by atoms with Crippen molar-refractivity contribution < 1.29 is 9.53 Å². The first kappa shape index (κ1) is 19.1. The summed E-state index contributed by atoms with van der Waals surface area (Å²) in [5, 5.41) is 3.74. The maximum Gasteiger partial charge on any atom is 0.255 e. The number of carbonyl (C=O) groups excluding carboxylic acids is 1. The molecule has 5 nitrogen and oxygen atoms in total. The van der Waals surface area contributed by atoms with Crippen LogP contribution in [0.15, 0.2) is 42.5 Å². The predicted octanol–water partition coefficient (Wildman–Crippen LogP) is 3.56. The topological polar surface area (TPSA) is 44.8 Å². The summed E-state index contributed by atoms with van der Waals surface area (Å²) in [7, 11) is 1.99. The summed E-state index contributed by atoms with van der Waals surface area (Å²) in [6, 6.07) is 14.3. The van der Waals surface area contributed by atoms with E-state index in [9.17, 15) is 4.79 Å². The molecule has 2 aromatic rings. The van der Waals surface area contributed by atoms with Gasteiger partial charge in [0.25, 0.3) is 5.91 Å². The fraction of sp³-hybridized carbons (Fsp3) is 0.409. The van der Waals surface area contributed by atoms with Crippen molar-refractivity contribution in [3.63, 3.8) is 0 Å². The third kappa shape index (κ3) is 4.26. The molecule has 1 fully saturated rings. The maximum absolute atomic E-state index is 12.9. The first-order valence-corrected chi connectivity index (χ1v) is 10.2. The highest BCUT2D eigenvalue weighted by atomic mass is 35.5. The Bertz CT molecular complexity index is 835. The number of likely N-dealkylation sites (tertiary alicyclic amines) is 1. The molecule has 0 atom stereocenters. The predicted molar refractivity (Wildman–Crippen MR) is 112 cm³/mol. The highest BCUT2D eigenvalue weighted by Crippen LogP contribution is 2.37. The number of nitrogens with one attached hydrogen (secondary N) is 1. The van der Waals surface area contributed by atoms with Crippen molar-refractivity contribution in [2.24, 2.45) is 0 Å². The molecule has 2 aromatic carbocycles. The van der Waals surface area contributed by atoms with Crippen molar-refractivity contribution in [3.8, 4) is 5.75 Å². The largest absolute Gasteiger partial charge is 0.489 e. The van der Waals surface area contributed by atoms with Crippen LogP contribution in [0.5, 0.6) is 5.75 Å². The van der Waals surface area contributed by atoms with Crippen molar-refractivity contribution in [3.05, 3.63) is 58.6 Å². The number of anilines is 1. The number of benzene rings is 2. The highest BCUT2D eigenvalue weighted by molar-refractivity contribution is 6.31. The van der Waals surface area contributed by atoms with E-state index in [1.54, 1.807) is 6.07 Å². The molecule has 148 valence electrons. The number of fused-ring (bicyclic) bond motifs is 1. The smallest absolute Gasteiger partial charge is 0.255 e. The number of likely N-dealkylation sites (N-methyl/N-ethyl adjacent to an activating group) is 1. The Morgan fingerprint density at radius 1 is 1.18 bits per heavy atom. The Kier molecular flexibility index (Phi) is 5.74. The lowest BCUT2D eigenvalue weighted by molar-refractivity contribution is 0.0904. The van der Waals surface area contributed by atoms with Gasteiger partial charge in [0.15, 0.2) is 5.75 Å². The van der Waals surface area contributed by atoms with Crippen molar-refractivity contribution >= 4 is 23.2 Å². The van der Waals surface area contributed by atoms with Gasteiger partial charge < -0.3 is 15.0 Å². The van der Waals surface area contributed by atoms with Crippen molar-refractivity contribution in [1.82, 2.24) is 10.2 Å². The van der Waals surface area contributed by atoms with Gasteiger partial charge in [-0.25, -0.2) is 0 Å². The average Bonchev–Trinajstić information content (AvgIpc) is 2.70. The fourth-order valence-electron chi connectivity index (χ4n) is 3.93. The van der Waals surface area contributed by atoms with Gasteiger partial charge in [-0.2, -0.15) is 0 Å². The van der Waals surface area contributed by atoms with Crippen LogP contribution >= 0.6 is 11.6 Å². The summed E-state index contributed by atoms with van der Waals surface area (Å²) in [5.74, 6) is 0.535. The number of amides is 1. The maximum atomic E-state index is 12.9. The van der Waals surface area contributed by atoms with E-state index >= 15 is 0 Å². The molecule has 0 unspecified atom stereocenters. The van der Waals surface area contributed by atoms with Gasteiger partial charge in [0.1, 0.15) is 6.61 Å². The number of carbonyl (C=O) groups is 1. The summed E-state index contributed by atoms with van der Waals surface area (Å²) in [5.41, 5.74) is 2.74. The van der Waals surface area contributed by atoms with Gasteiger partial charge in [0.05, 0.1) is 17.8 Å². The molecule has 1 N–H and O–H groups in total. The molecular formula is C22H26ClN3O2. The second-order valence-corrected chi connectivity index (χ2v) is 8.02. The van der Waals surface area contributed by atoms with Crippen LogP contribution < -0.4 is 15.0 Å². The summed E-state index contributed by atoms with van der Waals surface area (Å²) in [4.78, 5) is 17.4. The van der Waals surface area contributed by atoms with Gasteiger partial charge in [-0.3, -0.25) is 9.69 Å². The standard InChI is InChI=1S/C22H26ClN3O2/c1-25-11-12-28-21-19(13-17(23)14-20(21)25)22(27)24-18-7-9-26(10-8-18)15-16-5-3-2-4-6-16/h2-6,13-14,18H,7-12,15H2,1H3,(H,24,27).